The average Bonchev–Trinajstić information content (AvgIpc) is 2.19. The number of hydrogen-bond acceptors (Lipinski definition) is 4. The van der Waals surface area contributed by atoms with Crippen LogP contribution in [0.15, 0.2) is 24.0 Å². The fraction of sp³-hybridized carbons (Fsp3) is 0.444. The van der Waals surface area contributed by atoms with Crippen LogP contribution in [0.4, 0.5) is 0 Å². The van der Waals surface area contributed by atoms with Gasteiger partial charge in [0.2, 0.25) is 0 Å². The molecule has 0 aliphatic heterocycles. The third kappa shape index (κ3) is 2.95. The molecular weight excluding hydrogens is 249 g/mol. The summed E-state index contributed by atoms with van der Waals surface area (Å²) in [6.07, 6.45) is 2.95. The summed E-state index contributed by atoms with van der Waals surface area (Å²) in [4.78, 5) is 29.3. The predicted octanol–water partition coefficient (Wildman–Crippen LogP) is 0.107. The molecule has 2 unspecified atom stereocenters. The zero-order chi connectivity index (χ0) is 13.3. The second kappa shape index (κ2) is 4.62. The second-order valence-corrected chi connectivity index (χ2v) is 5.94. The highest BCUT2D eigenvalue weighted by Crippen LogP contribution is 2.57. The van der Waals surface area contributed by atoms with Crippen LogP contribution in [0.5, 0.6) is 0 Å². The molecule has 2 atom stereocenters. The Morgan fingerprint density at radius 3 is 2.53 bits per heavy atom. The summed E-state index contributed by atoms with van der Waals surface area (Å²) in [6.45, 7) is 0. The van der Waals surface area contributed by atoms with E-state index >= 15 is 0 Å². The fourth-order valence-electron chi connectivity index (χ4n) is 1.61. The first-order valence-corrected chi connectivity index (χ1v) is 6.41. The van der Waals surface area contributed by atoms with Gasteiger partial charge < -0.3 is 25.7 Å². The number of carboxylic acid groups (broad SMARTS) is 1. The third-order valence-electron chi connectivity index (χ3n) is 2.70. The molecule has 0 radical (unpaired) electrons. The zero-order valence-electron chi connectivity index (χ0n) is 8.85. The molecule has 0 spiro atoms. The number of aliphatic hydroxyl groups is 1. The lowest BCUT2D eigenvalue weighted by molar-refractivity contribution is -0.138. The maximum Gasteiger partial charge on any atom is 0.335 e. The Balaban J connectivity index is 3.03. The maximum atomic E-state index is 11.5. The minimum atomic E-state index is -4.58. The van der Waals surface area contributed by atoms with E-state index in [1.807, 2.05) is 0 Å². The first kappa shape index (κ1) is 13.9. The molecule has 8 heteroatoms. The van der Waals surface area contributed by atoms with E-state index in [9.17, 15) is 19.1 Å². The van der Waals surface area contributed by atoms with Gasteiger partial charge in [0.15, 0.2) is 0 Å². The zero-order valence-corrected chi connectivity index (χ0v) is 9.75. The van der Waals surface area contributed by atoms with Gasteiger partial charge in [0.05, 0.1) is 5.16 Å². The minimum Gasteiger partial charge on any atom is -0.508 e. The highest BCUT2D eigenvalue weighted by atomic mass is 31.2. The van der Waals surface area contributed by atoms with E-state index in [0.717, 1.165) is 12.2 Å². The number of aliphatic carboxylic acids is 1. The summed E-state index contributed by atoms with van der Waals surface area (Å²) in [5.74, 6) is -1.44. The summed E-state index contributed by atoms with van der Waals surface area (Å²) < 4.78 is 11.5. The SMILES string of the molecule is NC(CC1(P(=O)(O)O)C=CC(O)=CC1)C(=O)O. The first-order valence-electron chi connectivity index (χ1n) is 4.80. The number of hydrogen-bond donors (Lipinski definition) is 5. The second-order valence-electron chi connectivity index (χ2n) is 3.96. The van der Waals surface area contributed by atoms with Crippen LogP contribution in [0.2, 0.25) is 0 Å². The number of allylic oxidation sites excluding steroid dienone is 3. The third-order valence-corrected chi connectivity index (χ3v) is 4.37. The Bertz CT molecular complexity index is 425. The van der Waals surface area contributed by atoms with Gasteiger partial charge in [-0.15, -0.1) is 0 Å². The molecule has 17 heavy (non-hydrogen) atoms. The van der Waals surface area contributed by atoms with Crippen molar-refractivity contribution in [3.63, 3.8) is 0 Å². The van der Waals surface area contributed by atoms with Gasteiger partial charge in [-0.2, -0.15) is 0 Å². The number of carbonyl (C=O) groups is 1. The predicted molar refractivity (Wildman–Crippen MR) is 59.5 cm³/mol. The molecule has 0 amide bonds. The van der Waals surface area contributed by atoms with Crippen molar-refractivity contribution in [2.75, 3.05) is 0 Å². The van der Waals surface area contributed by atoms with Crippen LogP contribution in [0.1, 0.15) is 12.8 Å². The topological polar surface area (TPSA) is 141 Å². The van der Waals surface area contributed by atoms with E-state index in [0.29, 0.717) is 0 Å². The Kier molecular flexibility index (Phi) is 3.78. The Labute approximate surface area is 97.4 Å². The monoisotopic (exact) mass is 263 g/mol. The van der Waals surface area contributed by atoms with Gasteiger partial charge in [0, 0.05) is 0 Å². The van der Waals surface area contributed by atoms with Crippen molar-refractivity contribution in [3.05, 3.63) is 24.0 Å². The van der Waals surface area contributed by atoms with E-state index in [4.69, 9.17) is 15.9 Å². The highest BCUT2D eigenvalue weighted by Gasteiger charge is 2.47. The Morgan fingerprint density at radius 2 is 2.18 bits per heavy atom. The quantitative estimate of drug-likeness (QED) is 0.453. The van der Waals surface area contributed by atoms with Crippen molar-refractivity contribution < 1.29 is 29.4 Å². The van der Waals surface area contributed by atoms with Crippen molar-refractivity contribution in [2.45, 2.75) is 24.0 Å². The van der Waals surface area contributed by atoms with Gasteiger partial charge in [0.1, 0.15) is 11.8 Å². The molecule has 0 bridgehead atoms. The van der Waals surface area contributed by atoms with Gasteiger partial charge >= 0.3 is 13.6 Å². The van der Waals surface area contributed by atoms with Crippen LogP contribution in [0, 0.1) is 0 Å². The number of aliphatic hydroxyl groups excluding tert-OH is 1. The summed E-state index contributed by atoms with van der Waals surface area (Å²) in [6, 6.07) is -1.37. The molecular formula is C9H14NO6P. The lowest BCUT2D eigenvalue weighted by Crippen LogP contribution is -2.40. The molecule has 96 valence electrons. The van der Waals surface area contributed by atoms with Crippen LogP contribution in [-0.4, -0.2) is 37.2 Å². The van der Waals surface area contributed by atoms with E-state index < -0.39 is 31.2 Å². The van der Waals surface area contributed by atoms with Crippen molar-refractivity contribution in [3.8, 4) is 0 Å². The van der Waals surface area contributed by atoms with Gasteiger partial charge in [-0.1, -0.05) is 6.08 Å². The summed E-state index contributed by atoms with van der Waals surface area (Å²) in [5.41, 5.74) is 5.30. The first-order chi connectivity index (χ1) is 7.68. The Morgan fingerprint density at radius 1 is 1.59 bits per heavy atom. The van der Waals surface area contributed by atoms with Crippen molar-refractivity contribution in [1.29, 1.82) is 0 Å². The summed E-state index contributed by atoms with van der Waals surface area (Å²) in [5, 5.41) is 16.1. The molecule has 0 aromatic heterocycles. The molecule has 0 saturated carbocycles. The lowest BCUT2D eigenvalue weighted by Gasteiger charge is -2.33. The molecule has 0 aromatic carbocycles. The van der Waals surface area contributed by atoms with Crippen molar-refractivity contribution >= 4 is 13.6 Å². The number of rotatable bonds is 4. The molecule has 6 N–H and O–H groups in total. The molecule has 0 aromatic rings. The summed E-state index contributed by atoms with van der Waals surface area (Å²) >= 11 is 0. The van der Waals surface area contributed by atoms with E-state index in [-0.39, 0.29) is 12.2 Å². The lowest BCUT2D eigenvalue weighted by atomic mass is 9.92. The van der Waals surface area contributed by atoms with Gasteiger partial charge in [-0.25, -0.2) is 0 Å². The average molecular weight is 263 g/mol. The molecule has 1 rings (SSSR count). The van der Waals surface area contributed by atoms with Crippen molar-refractivity contribution in [1.82, 2.24) is 0 Å². The highest BCUT2D eigenvalue weighted by molar-refractivity contribution is 7.53. The van der Waals surface area contributed by atoms with Crippen LogP contribution < -0.4 is 5.73 Å². The maximum absolute atomic E-state index is 11.5. The standard InChI is InChI=1S/C9H14NO6P/c10-7(8(12)13)5-9(17(14,15)16)3-1-6(11)2-4-9/h1-3,7,11H,4-5,10H2,(H,12,13)(H2,14,15,16). The normalized spacial score (nSPS) is 26.4. The molecule has 0 fully saturated rings. The minimum absolute atomic E-state index is 0.113. The largest absolute Gasteiger partial charge is 0.508 e. The van der Waals surface area contributed by atoms with Gasteiger partial charge in [0.25, 0.3) is 0 Å². The van der Waals surface area contributed by atoms with Crippen LogP contribution in [0.3, 0.4) is 0 Å². The van der Waals surface area contributed by atoms with Crippen molar-refractivity contribution in [2.24, 2.45) is 5.73 Å². The Hall–Kier alpha value is -1.14. The molecule has 0 saturated heterocycles. The van der Waals surface area contributed by atoms with Gasteiger partial charge in [-0.3, -0.25) is 9.36 Å². The smallest absolute Gasteiger partial charge is 0.335 e. The van der Waals surface area contributed by atoms with Crippen LogP contribution in [0.25, 0.3) is 0 Å². The van der Waals surface area contributed by atoms with Crippen LogP contribution >= 0.6 is 7.60 Å². The summed E-state index contributed by atoms with van der Waals surface area (Å²) in [7, 11) is -4.58. The van der Waals surface area contributed by atoms with E-state index in [2.05, 4.69) is 0 Å². The van der Waals surface area contributed by atoms with E-state index in [1.165, 1.54) is 6.08 Å². The number of carboxylic acids is 1. The van der Waals surface area contributed by atoms with Gasteiger partial charge in [-0.05, 0) is 25.0 Å². The molecule has 7 nitrogen and oxygen atoms in total. The van der Waals surface area contributed by atoms with Crippen LogP contribution in [-0.2, 0) is 9.36 Å². The van der Waals surface area contributed by atoms with E-state index in [1.54, 1.807) is 0 Å². The molecule has 0 heterocycles. The fourth-order valence-corrected chi connectivity index (χ4v) is 2.64. The molecule has 1 aliphatic carbocycles. The number of nitrogens with two attached hydrogens (primary N) is 1. The molecule has 1 aliphatic rings.